The first kappa shape index (κ1) is 12.0. The van der Waals surface area contributed by atoms with E-state index in [2.05, 4.69) is 0 Å². The lowest BCUT2D eigenvalue weighted by atomic mass is 10.4. The minimum atomic E-state index is -3.59. The van der Waals surface area contributed by atoms with Crippen LogP contribution in [-0.2, 0) is 8.08 Å². The Morgan fingerprint density at radius 2 is 1.75 bits per heavy atom. The molecule has 0 aliphatic carbocycles. The van der Waals surface area contributed by atoms with E-state index in [0.29, 0.717) is 0 Å². The van der Waals surface area contributed by atoms with Gasteiger partial charge in [0.15, 0.2) is 0 Å². The van der Waals surface area contributed by atoms with Gasteiger partial charge in [-0.15, -0.1) is 11.3 Å². The van der Waals surface area contributed by atoms with Crippen LogP contribution in [0.2, 0.25) is 0 Å². The van der Waals surface area contributed by atoms with Crippen molar-refractivity contribution in [1.82, 2.24) is 0 Å². The van der Waals surface area contributed by atoms with Crippen LogP contribution in [0.4, 0.5) is 0 Å². The van der Waals surface area contributed by atoms with Gasteiger partial charge in [0.05, 0.1) is 4.21 Å². The summed E-state index contributed by atoms with van der Waals surface area (Å²) in [6, 6.07) is 12.7. The minimum absolute atomic E-state index is 0.759. The Hall–Kier alpha value is -0.490. The number of thiophene rings is 1. The highest BCUT2D eigenvalue weighted by Crippen LogP contribution is 2.53. The molecule has 2 nitrogen and oxygen atoms in total. The molecule has 0 saturated heterocycles. The van der Waals surface area contributed by atoms with Crippen LogP contribution >= 0.6 is 31.9 Å². The maximum Gasteiger partial charge on any atom is 0.274 e. The maximum absolute atomic E-state index is 11.6. The van der Waals surface area contributed by atoms with Gasteiger partial charge >= 0.3 is 0 Å². The summed E-state index contributed by atoms with van der Waals surface area (Å²) in [5.41, 5.74) is 0. The van der Waals surface area contributed by atoms with Crippen molar-refractivity contribution < 1.29 is 8.42 Å². The van der Waals surface area contributed by atoms with E-state index in [9.17, 15) is 8.42 Å². The summed E-state index contributed by atoms with van der Waals surface area (Å²) in [6.45, 7) is 0. The molecule has 6 heteroatoms. The molecule has 1 heterocycles. The van der Waals surface area contributed by atoms with E-state index in [1.807, 2.05) is 35.7 Å². The first-order valence-electron chi connectivity index (χ1n) is 4.42. The fraction of sp³-hybridized carbons (Fsp3) is 0. The van der Waals surface area contributed by atoms with Gasteiger partial charge in [-0.1, -0.05) is 34.2 Å². The third-order valence-electron chi connectivity index (χ3n) is 1.92. The van der Waals surface area contributed by atoms with Crippen LogP contribution in [0, 0.1) is 0 Å². The van der Waals surface area contributed by atoms with Crippen molar-refractivity contribution in [3.63, 3.8) is 0 Å². The Morgan fingerprint density at radius 1 is 1.06 bits per heavy atom. The van der Waals surface area contributed by atoms with Crippen LogP contribution in [0.5, 0.6) is 0 Å². The molecule has 2 aromatic rings. The molecule has 0 spiro atoms. The number of thiol groups is 1. The largest absolute Gasteiger partial charge is 0.274 e. The highest BCUT2D eigenvalue weighted by atomic mass is 35.8. The number of hydrogen-bond donors (Lipinski definition) is 1. The van der Waals surface area contributed by atoms with Gasteiger partial charge in [-0.3, -0.25) is 0 Å². The van der Waals surface area contributed by atoms with Crippen LogP contribution in [0.1, 0.15) is 0 Å². The first-order valence-corrected chi connectivity index (χ1v) is 9.56. The van der Waals surface area contributed by atoms with Gasteiger partial charge in [0.2, 0.25) is 0 Å². The van der Waals surface area contributed by atoms with Gasteiger partial charge in [-0.05, 0) is 23.6 Å². The van der Waals surface area contributed by atoms with E-state index in [1.54, 1.807) is 12.1 Å². The quantitative estimate of drug-likeness (QED) is 0.532. The molecule has 1 unspecified atom stereocenters. The molecule has 2 rings (SSSR count). The number of halogens is 1. The Kier molecular flexibility index (Phi) is 3.59. The van der Waals surface area contributed by atoms with Crippen molar-refractivity contribution in [3.8, 4) is 0 Å². The van der Waals surface area contributed by atoms with Crippen molar-refractivity contribution in [1.29, 1.82) is 0 Å². The number of rotatable bonds is 3. The molecule has 16 heavy (non-hydrogen) atoms. The Morgan fingerprint density at radius 3 is 2.25 bits per heavy atom. The minimum Gasteiger partial charge on any atom is -0.202 e. The normalized spacial score (nSPS) is 14.7. The summed E-state index contributed by atoms with van der Waals surface area (Å²) in [6.07, 6.45) is 0. The predicted octanol–water partition coefficient (Wildman–Crippen LogP) is 3.65. The number of hydrogen-bond acceptors (Lipinski definition) is 3. The summed E-state index contributed by atoms with van der Waals surface area (Å²) in [5.74, 6) is 0. The monoisotopic (exact) mass is 292 g/mol. The van der Waals surface area contributed by atoms with Gasteiger partial charge in [-0.25, -0.2) is 8.42 Å². The Balaban J connectivity index is 2.54. The lowest BCUT2D eigenvalue weighted by molar-refractivity contribution is 0.622. The molecule has 1 aromatic heterocycles. The second-order valence-corrected chi connectivity index (χ2v) is 11.1. The predicted molar refractivity (Wildman–Crippen MR) is 71.1 cm³/mol. The highest BCUT2D eigenvalue weighted by Gasteiger charge is 2.23. The van der Waals surface area contributed by atoms with Crippen molar-refractivity contribution in [2.75, 3.05) is 0 Å². The SMILES string of the molecule is O=S(=O)(Cl)[SH](c1ccccc1)c1cccs1. The highest BCUT2D eigenvalue weighted by molar-refractivity contribution is 8.88. The summed E-state index contributed by atoms with van der Waals surface area (Å²) in [4.78, 5) is 0.759. The van der Waals surface area contributed by atoms with Gasteiger partial charge < -0.3 is 0 Å². The standard InChI is InChI=1S/C10H9ClO2S3/c11-16(12,13)15(10-7-4-8-14-10)9-5-2-1-3-6-9/h1-8,15H. The topological polar surface area (TPSA) is 34.1 Å². The van der Waals surface area contributed by atoms with Crippen molar-refractivity contribution in [3.05, 3.63) is 47.8 Å². The molecule has 0 amide bonds. The summed E-state index contributed by atoms with van der Waals surface area (Å²) < 4.78 is 24.1. The molecule has 0 fully saturated rings. The molecule has 1 atom stereocenters. The summed E-state index contributed by atoms with van der Waals surface area (Å²) in [5, 5.41) is 1.86. The zero-order chi connectivity index (χ0) is 11.6. The van der Waals surface area contributed by atoms with Gasteiger partial charge in [0.25, 0.3) is 8.08 Å². The fourth-order valence-corrected chi connectivity index (χ4v) is 9.00. The molecule has 0 saturated carbocycles. The van der Waals surface area contributed by atoms with Gasteiger partial charge in [-0.2, -0.15) is 0 Å². The molecular formula is C10H9ClO2S3. The molecule has 0 N–H and O–H groups in total. The third-order valence-corrected chi connectivity index (χ3v) is 9.32. The van der Waals surface area contributed by atoms with E-state index in [4.69, 9.17) is 10.7 Å². The smallest absolute Gasteiger partial charge is 0.202 e. The van der Waals surface area contributed by atoms with E-state index in [0.717, 1.165) is 9.10 Å². The maximum atomic E-state index is 11.6. The van der Waals surface area contributed by atoms with Crippen LogP contribution in [0.3, 0.4) is 0 Å². The van der Waals surface area contributed by atoms with Crippen molar-refractivity contribution >= 4 is 40.0 Å². The van der Waals surface area contributed by atoms with Gasteiger partial charge in [0, 0.05) is 15.6 Å². The zero-order valence-electron chi connectivity index (χ0n) is 8.08. The van der Waals surface area contributed by atoms with E-state index < -0.39 is 18.0 Å². The van der Waals surface area contributed by atoms with Gasteiger partial charge in [0.1, 0.15) is 0 Å². The van der Waals surface area contributed by atoms with E-state index in [-0.39, 0.29) is 0 Å². The lowest BCUT2D eigenvalue weighted by Gasteiger charge is -2.16. The molecule has 0 aliphatic rings. The molecule has 0 radical (unpaired) electrons. The van der Waals surface area contributed by atoms with E-state index in [1.165, 1.54) is 11.3 Å². The Labute approximate surface area is 105 Å². The van der Waals surface area contributed by atoms with Crippen LogP contribution < -0.4 is 0 Å². The second-order valence-electron chi connectivity index (χ2n) is 2.99. The number of benzene rings is 1. The molecule has 86 valence electrons. The van der Waals surface area contributed by atoms with E-state index >= 15 is 0 Å². The van der Waals surface area contributed by atoms with Crippen molar-refractivity contribution in [2.45, 2.75) is 9.10 Å². The van der Waals surface area contributed by atoms with Crippen LogP contribution in [0.25, 0.3) is 0 Å². The van der Waals surface area contributed by atoms with Crippen LogP contribution in [0.15, 0.2) is 56.9 Å². The third kappa shape index (κ3) is 2.60. The molecular weight excluding hydrogens is 284 g/mol. The average Bonchev–Trinajstić information content (AvgIpc) is 2.71. The molecule has 0 aliphatic heterocycles. The zero-order valence-corrected chi connectivity index (χ0v) is 11.4. The van der Waals surface area contributed by atoms with Crippen molar-refractivity contribution in [2.24, 2.45) is 0 Å². The summed E-state index contributed by atoms with van der Waals surface area (Å²) in [7, 11) is 0.441. The fourth-order valence-electron chi connectivity index (χ4n) is 1.31. The second kappa shape index (κ2) is 4.79. The molecule has 1 aromatic carbocycles. The average molecular weight is 293 g/mol. The molecule has 0 bridgehead atoms. The lowest BCUT2D eigenvalue weighted by Crippen LogP contribution is -1.92. The van der Waals surface area contributed by atoms with Crippen LogP contribution in [-0.4, -0.2) is 8.42 Å². The Bertz CT molecular complexity index is 549. The summed E-state index contributed by atoms with van der Waals surface area (Å²) >= 11 is 1.42. The first-order chi connectivity index (χ1) is 7.59.